The molecule has 7 rings (SSSR count). The summed E-state index contributed by atoms with van der Waals surface area (Å²) in [5.41, 5.74) is 4.12. The summed E-state index contributed by atoms with van der Waals surface area (Å²) in [6, 6.07) is 14.1. The van der Waals surface area contributed by atoms with E-state index in [1.807, 2.05) is 64.1 Å². The third-order valence-corrected chi connectivity index (χ3v) is 8.97. The van der Waals surface area contributed by atoms with Crippen molar-refractivity contribution in [3.05, 3.63) is 79.7 Å². The van der Waals surface area contributed by atoms with Crippen LogP contribution < -0.4 is 19.3 Å². The number of esters is 2. The van der Waals surface area contributed by atoms with Gasteiger partial charge in [-0.3, -0.25) is 9.59 Å². The van der Waals surface area contributed by atoms with Crippen LogP contribution >= 0.6 is 31.9 Å². The Balaban J connectivity index is 1.40. The zero-order valence-electron chi connectivity index (χ0n) is 24.3. The number of carbonyl (C=O) groups excluding carboxylic acids is 4. The van der Waals surface area contributed by atoms with Crippen molar-refractivity contribution in [3.63, 3.8) is 0 Å². The highest BCUT2D eigenvalue weighted by atomic mass is 79.9. The Morgan fingerprint density at radius 1 is 0.568 bits per heavy atom. The Bertz CT molecular complexity index is 1800. The summed E-state index contributed by atoms with van der Waals surface area (Å²) in [6.45, 7) is 9.03. The van der Waals surface area contributed by atoms with E-state index in [2.05, 4.69) is 31.9 Å². The Kier molecular flexibility index (Phi) is 6.71. The van der Waals surface area contributed by atoms with Crippen LogP contribution in [-0.4, -0.2) is 36.8 Å². The molecule has 0 atom stereocenters. The highest BCUT2D eigenvalue weighted by Crippen LogP contribution is 2.52. The molecular weight excluding hydrogens is 692 g/mol. The van der Waals surface area contributed by atoms with Crippen molar-refractivity contribution in [2.45, 2.75) is 27.7 Å². The molecule has 8 nitrogen and oxygen atoms in total. The van der Waals surface area contributed by atoms with Gasteiger partial charge in [-0.15, -0.1) is 0 Å². The lowest BCUT2D eigenvalue weighted by atomic mass is 9.92. The quantitative estimate of drug-likeness (QED) is 0.166. The molecule has 0 fully saturated rings. The second-order valence-corrected chi connectivity index (χ2v) is 13.9. The van der Waals surface area contributed by atoms with E-state index in [1.165, 1.54) is 0 Å². The van der Waals surface area contributed by atoms with Gasteiger partial charge < -0.3 is 19.3 Å². The molecule has 0 saturated carbocycles. The lowest BCUT2D eigenvalue weighted by molar-refractivity contribution is -0.127. The van der Waals surface area contributed by atoms with E-state index < -0.39 is 11.9 Å². The fraction of sp³-hybridized carbons (Fsp3) is 0.235. The molecule has 222 valence electrons. The van der Waals surface area contributed by atoms with Gasteiger partial charge in [-0.1, -0.05) is 71.7 Å². The number of rotatable bonds is 4. The van der Waals surface area contributed by atoms with E-state index >= 15 is 0 Å². The van der Waals surface area contributed by atoms with Crippen LogP contribution in [0.5, 0.6) is 11.5 Å². The summed E-state index contributed by atoms with van der Waals surface area (Å²) < 4.78 is 13.1. The zero-order valence-corrected chi connectivity index (χ0v) is 27.5. The van der Waals surface area contributed by atoms with Gasteiger partial charge in [0.15, 0.2) is 0 Å². The Morgan fingerprint density at radius 3 is 1.32 bits per heavy atom. The smallest absolute Gasteiger partial charge is 0.345 e. The van der Waals surface area contributed by atoms with Crippen molar-refractivity contribution in [2.75, 3.05) is 22.9 Å². The third-order valence-electron chi connectivity index (χ3n) is 7.99. The lowest BCUT2D eigenvalue weighted by Crippen LogP contribution is -2.30. The average Bonchev–Trinajstić information content (AvgIpc) is 3.60. The number of fused-ring (bicyclic) bond motifs is 4. The number of halogens is 2. The number of ether oxygens (including phenoxy) is 2. The van der Waals surface area contributed by atoms with Crippen molar-refractivity contribution < 1.29 is 28.7 Å². The number of carbonyl (C=O) groups is 4. The average molecular weight is 718 g/mol. The van der Waals surface area contributed by atoms with E-state index in [-0.39, 0.29) is 57.4 Å². The van der Waals surface area contributed by atoms with Crippen molar-refractivity contribution in [1.82, 2.24) is 0 Å². The van der Waals surface area contributed by atoms with E-state index in [9.17, 15) is 19.2 Å². The van der Waals surface area contributed by atoms with Gasteiger partial charge in [0.1, 0.15) is 11.5 Å². The number of hydrogen-bond acceptors (Lipinski definition) is 6. The lowest BCUT2D eigenvalue weighted by Gasteiger charge is -2.19. The maximum Gasteiger partial charge on any atom is 0.345 e. The van der Waals surface area contributed by atoms with Gasteiger partial charge in [0.05, 0.1) is 33.7 Å². The number of hydrogen-bond donors (Lipinski definition) is 0. The van der Waals surface area contributed by atoms with Gasteiger partial charge in [0, 0.05) is 44.3 Å². The fourth-order valence-electron chi connectivity index (χ4n) is 6.29. The molecule has 0 aliphatic carbocycles. The molecule has 3 aromatic rings. The first kappa shape index (κ1) is 28.7. The van der Waals surface area contributed by atoms with Gasteiger partial charge in [0.25, 0.3) is 11.8 Å². The van der Waals surface area contributed by atoms with Gasteiger partial charge in [0.2, 0.25) is 0 Å². The van der Waals surface area contributed by atoms with Gasteiger partial charge in [-0.25, -0.2) is 9.59 Å². The van der Waals surface area contributed by atoms with E-state index in [0.29, 0.717) is 46.7 Å². The molecule has 4 aliphatic rings. The predicted molar refractivity (Wildman–Crippen MR) is 174 cm³/mol. The van der Waals surface area contributed by atoms with Crippen molar-refractivity contribution in [2.24, 2.45) is 11.8 Å². The molecule has 3 aromatic carbocycles. The Morgan fingerprint density at radius 2 is 0.955 bits per heavy atom. The minimum absolute atomic E-state index is 0.120. The van der Waals surface area contributed by atoms with Crippen molar-refractivity contribution >= 4 is 89.3 Å². The molecule has 0 bridgehead atoms. The molecule has 0 saturated heterocycles. The standard InChI is InChI=1S/C34H26Br2N2O6/c1-15(2)13-37-23-9-17(35)5-7-19(23)27(31(37)39)29-21-11-26-22(12-25(21)43-33(29)41)30(34(42)44-26)28-20-8-6-18(36)10-24(20)38(32(28)40)14-16(3)4/h5-12,15-16H,13-14H2,1-4H3. The molecule has 4 heterocycles. The van der Waals surface area contributed by atoms with Crippen molar-refractivity contribution in [1.29, 1.82) is 0 Å². The van der Waals surface area contributed by atoms with Gasteiger partial charge >= 0.3 is 11.9 Å². The largest absolute Gasteiger partial charge is 0.422 e. The molecular formula is C34H26Br2N2O6. The van der Waals surface area contributed by atoms with Crippen molar-refractivity contribution in [3.8, 4) is 11.5 Å². The molecule has 44 heavy (non-hydrogen) atoms. The van der Waals surface area contributed by atoms with Crippen LogP contribution in [0.4, 0.5) is 11.4 Å². The fourth-order valence-corrected chi connectivity index (χ4v) is 6.99. The molecule has 2 amide bonds. The Labute approximate surface area is 270 Å². The SMILES string of the molecule is CC(C)CN1C(=O)C(=C2C(=O)Oc3cc4c(cc32)OC(=O)C4=C2C(=O)N(CC(C)C)c3cc(Br)ccc32)c2ccc(Br)cc21. The second kappa shape index (κ2) is 10.3. The summed E-state index contributed by atoms with van der Waals surface area (Å²) in [5, 5.41) is 0. The summed E-state index contributed by atoms with van der Waals surface area (Å²) in [6.07, 6.45) is 0. The number of amides is 2. The minimum Gasteiger partial charge on any atom is -0.422 e. The van der Waals surface area contributed by atoms with Crippen LogP contribution in [-0.2, 0) is 19.2 Å². The maximum absolute atomic E-state index is 13.9. The van der Waals surface area contributed by atoms with Gasteiger partial charge in [-0.2, -0.15) is 0 Å². The number of benzene rings is 3. The third kappa shape index (κ3) is 4.29. The number of anilines is 2. The van der Waals surface area contributed by atoms with E-state index in [4.69, 9.17) is 9.47 Å². The normalized spacial score (nSPS) is 20.1. The summed E-state index contributed by atoms with van der Waals surface area (Å²) in [7, 11) is 0. The monoisotopic (exact) mass is 716 g/mol. The first-order chi connectivity index (χ1) is 20.9. The molecule has 10 heteroatoms. The van der Waals surface area contributed by atoms with Crippen LogP contribution in [0.15, 0.2) is 57.5 Å². The van der Waals surface area contributed by atoms with E-state index in [0.717, 1.165) is 8.95 Å². The molecule has 0 spiro atoms. The van der Waals surface area contributed by atoms with Crippen LogP contribution in [0.2, 0.25) is 0 Å². The molecule has 0 radical (unpaired) electrons. The zero-order chi connectivity index (χ0) is 31.2. The highest BCUT2D eigenvalue weighted by molar-refractivity contribution is 9.10. The van der Waals surface area contributed by atoms with Crippen LogP contribution in [0, 0.1) is 11.8 Å². The van der Waals surface area contributed by atoms with Gasteiger partial charge in [-0.05, 0) is 48.2 Å². The predicted octanol–water partition coefficient (Wildman–Crippen LogP) is 6.88. The first-order valence-electron chi connectivity index (χ1n) is 14.3. The molecule has 0 aromatic heterocycles. The maximum atomic E-state index is 13.9. The topological polar surface area (TPSA) is 93.2 Å². The van der Waals surface area contributed by atoms with Crippen LogP contribution in [0.3, 0.4) is 0 Å². The van der Waals surface area contributed by atoms with Crippen LogP contribution in [0.25, 0.3) is 22.3 Å². The second-order valence-electron chi connectivity index (χ2n) is 12.1. The highest BCUT2D eigenvalue weighted by Gasteiger charge is 2.45. The summed E-state index contributed by atoms with van der Waals surface area (Å²) in [4.78, 5) is 58.0. The molecule has 0 N–H and O–H groups in total. The first-order valence-corrected chi connectivity index (χ1v) is 15.9. The molecule has 0 unspecified atom stereocenters. The summed E-state index contributed by atoms with van der Waals surface area (Å²) >= 11 is 7.00. The molecule has 4 aliphatic heterocycles. The Hall–Kier alpha value is -4.02. The number of nitrogens with zero attached hydrogens (tertiary/aromatic N) is 2. The van der Waals surface area contributed by atoms with Crippen LogP contribution in [0.1, 0.15) is 49.9 Å². The summed E-state index contributed by atoms with van der Waals surface area (Å²) in [5.74, 6) is -1.15. The van der Waals surface area contributed by atoms with E-state index in [1.54, 1.807) is 21.9 Å². The minimum atomic E-state index is -0.664.